The maximum atomic E-state index is 12.9. The second-order valence-corrected chi connectivity index (χ2v) is 9.47. The van der Waals surface area contributed by atoms with Gasteiger partial charge in [-0.3, -0.25) is 14.9 Å². The molecule has 0 aliphatic rings. The van der Waals surface area contributed by atoms with Gasteiger partial charge in [0, 0.05) is 10.9 Å². The number of para-hydroxylation sites is 1. The zero-order valence-corrected chi connectivity index (χ0v) is 18.7. The number of carbonyl (C=O) groups excluding carboxylic acids is 1. The molecule has 0 aliphatic heterocycles. The molecule has 160 valence electrons. The number of thiazole rings is 1. The van der Waals surface area contributed by atoms with Gasteiger partial charge in [-0.15, -0.1) is 11.3 Å². The third-order valence-electron chi connectivity index (χ3n) is 5.39. The number of rotatable bonds is 3. The zero-order chi connectivity index (χ0) is 22.5. The van der Waals surface area contributed by atoms with Gasteiger partial charge in [0.2, 0.25) is 0 Å². The molecule has 0 saturated carbocycles. The fourth-order valence-corrected chi connectivity index (χ4v) is 4.33. The lowest BCUT2D eigenvalue weighted by Crippen LogP contribution is -2.15. The highest BCUT2D eigenvalue weighted by Crippen LogP contribution is 2.28. The molecule has 0 atom stereocenters. The number of aromatic nitrogens is 4. The van der Waals surface area contributed by atoms with Crippen LogP contribution in [-0.2, 0) is 5.41 Å². The summed E-state index contributed by atoms with van der Waals surface area (Å²) in [6.45, 7) is 6.53. The molecule has 0 aliphatic carbocycles. The summed E-state index contributed by atoms with van der Waals surface area (Å²) in [5.74, 6) is -0.380. The molecule has 32 heavy (non-hydrogen) atoms. The minimum absolute atomic E-state index is 0.0837. The SMILES string of the molecule is CC(C)(C)c1ccc(-c2csc(NC(=O)c3cnn4c3[nH]c(=O)c3ccccc34)n2)cc1. The van der Waals surface area contributed by atoms with Crippen LogP contribution in [0, 0.1) is 0 Å². The van der Waals surface area contributed by atoms with Crippen LogP contribution < -0.4 is 10.9 Å². The highest BCUT2D eigenvalue weighted by atomic mass is 32.1. The van der Waals surface area contributed by atoms with Gasteiger partial charge in [-0.1, -0.05) is 57.2 Å². The van der Waals surface area contributed by atoms with Crippen LogP contribution in [0.5, 0.6) is 0 Å². The Hall–Kier alpha value is -3.78. The molecular weight excluding hydrogens is 422 g/mol. The second-order valence-electron chi connectivity index (χ2n) is 8.61. The monoisotopic (exact) mass is 443 g/mol. The number of amides is 1. The summed E-state index contributed by atoms with van der Waals surface area (Å²) in [5, 5.41) is 10.0. The molecule has 0 saturated heterocycles. The molecule has 3 heterocycles. The summed E-state index contributed by atoms with van der Waals surface area (Å²) in [4.78, 5) is 32.7. The lowest BCUT2D eigenvalue weighted by molar-refractivity contribution is 0.102. The van der Waals surface area contributed by atoms with Crippen molar-refractivity contribution < 1.29 is 4.79 Å². The number of nitrogens with zero attached hydrogens (tertiary/aromatic N) is 3. The maximum Gasteiger partial charge on any atom is 0.262 e. The van der Waals surface area contributed by atoms with Crippen molar-refractivity contribution in [3.05, 3.63) is 81.6 Å². The van der Waals surface area contributed by atoms with E-state index < -0.39 is 0 Å². The lowest BCUT2D eigenvalue weighted by Gasteiger charge is -2.18. The van der Waals surface area contributed by atoms with Crippen molar-refractivity contribution in [2.75, 3.05) is 5.32 Å². The van der Waals surface area contributed by atoms with E-state index in [-0.39, 0.29) is 22.4 Å². The van der Waals surface area contributed by atoms with Crippen molar-refractivity contribution in [3.8, 4) is 11.3 Å². The van der Waals surface area contributed by atoms with E-state index in [0.717, 1.165) is 11.3 Å². The molecule has 8 heteroatoms. The molecule has 0 bridgehead atoms. The van der Waals surface area contributed by atoms with Gasteiger partial charge in [0.05, 0.1) is 22.8 Å². The van der Waals surface area contributed by atoms with E-state index in [1.807, 2.05) is 23.6 Å². The predicted molar refractivity (Wildman–Crippen MR) is 128 cm³/mol. The first kappa shape index (κ1) is 20.1. The average Bonchev–Trinajstić information content (AvgIpc) is 3.41. The zero-order valence-electron chi connectivity index (χ0n) is 17.8. The Morgan fingerprint density at radius 2 is 1.84 bits per heavy atom. The van der Waals surface area contributed by atoms with Gasteiger partial charge in [-0.05, 0) is 23.1 Å². The molecule has 7 nitrogen and oxygen atoms in total. The molecule has 0 spiro atoms. The van der Waals surface area contributed by atoms with Gasteiger partial charge < -0.3 is 4.98 Å². The second kappa shape index (κ2) is 7.42. The Bertz CT molecular complexity index is 1520. The molecule has 5 rings (SSSR count). The Morgan fingerprint density at radius 1 is 1.09 bits per heavy atom. The van der Waals surface area contributed by atoms with Gasteiger partial charge in [0.1, 0.15) is 11.2 Å². The Labute approximate surface area is 187 Å². The van der Waals surface area contributed by atoms with Crippen LogP contribution in [0.15, 0.2) is 64.9 Å². The number of hydrogen-bond acceptors (Lipinski definition) is 5. The summed E-state index contributed by atoms with van der Waals surface area (Å²) in [6.07, 6.45) is 1.45. The number of H-pyrrole nitrogens is 1. The Kier molecular flexibility index (Phi) is 4.67. The summed E-state index contributed by atoms with van der Waals surface area (Å²) < 4.78 is 1.57. The van der Waals surface area contributed by atoms with Gasteiger partial charge in [-0.2, -0.15) is 5.10 Å². The minimum Gasteiger partial charge on any atom is -0.306 e. The smallest absolute Gasteiger partial charge is 0.262 e. The number of carbonyl (C=O) groups is 1. The number of benzene rings is 2. The summed E-state index contributed by atoms with van der Waals surface area (Å²) in [7, 11) is 0. The molecular formula is C24H21N5O2S. The van der Waals surface area contributed by atoms with Crippen LogP contribution in [0.4, 0.5) is 5.13 Å². The van der Waals surface area contributed by atoms with Crippen LogP contribution in [0.1, 0.15) is 36.7 Å². The number of nitrogens with one attached hydrogen (secondary N) is 2. The number of hydrogen-bond donors (Lipinski definition) is 2. The highest BCUT2D eigenvalue weighted by molar-refractivity contribution is 7.14. The van der Waals surface area contributed by atoms with E-state index in [1.165, 1.54) is 23.1 Å². The van der Waals surface area contributed by atoms with E-state index in [2.05, 4.69) is 53.3 Å². The van der Waals surface area contributed by atoms with Gasteiger partial charge in [0.25, 0.3) is 11.5 Å². The summed E-state index contributed by atoms with van der Waals surface area (Å²) >= 11 is 1.35. The molecule has 2 aromatic carbocycles. The van der Waals surface area contributed by atoms with E-state index in [1.54, 1.807) is 22.7 Å². The predicted octanol–water partition coefficient (Wildman–Crippen LogP) is 4.85. The topological polar surface area (TPSA) is 92.2 Å². The fourth-order valence-electron chi connectivity index (χ4n) is 3.61. The molecule has 1 amide bonds. The van der Waals surface area contributed by atoms with Gasteiger partial charge in [0.15, 0.2) is 5.13 Å². The van der Waals surface area contributed by atoms with Gasteiger partial charge in [-0.25, -0.2) is 9.50 Å². The third-order valence-corrected chi connectivity index (χ3v) is 6.15. The van der Waals surface area contributed by atoms with Gasteiger partial charge >= 0.3 is 0 Å². The number of fused-ring (bicyclic) bond motifs is 3. The molecule has 2 N–H and O–H groups in total. The summed E-state index contributed by atoms with van der Waals surface area (Å²) in [6, 6.07) is 15.4. The van der Waals surface area contributed by atoms with Crippen LogP contribution in [0.2, 0.25) is 0 Å². The van der Waals surface area contributed by atoms with Crippen molar-refractivity contribution in [2.45, 2.75) is 26.2 Å². The van der Waals surface area contributed by atoms with E-state index in [9.17, 15) is 9.59 Å². The van der Waals surface area contributed by atoms with Crippen LogP contribution >= 0.6 is 11.3 Å². The van der Waals surface area contributed by atoms with Crippen LogP contribution in [0.3, 0.4) is 0 Å². The van der Waals surface area contributed by atoms with E-state index in [0.29, 0.717) is 21.7 Å². The van der Waals surface area contributed by atoms with Crippen molar-refractivity contribution in [3.63, 3.8) is 0 Å². The van der Waals surface area contributed by atoms with Crippen LogP contribution in [0.25, 0.3) is 27.8 Å². The minimum atomic E-state index is -0.380. The molecule has 3 aromatic heterocycles. The summed E-state index contributed by atoms with van der Waals surface area (Å²) in [5.41, 5.74) is 4.12. The van der Waals surface area contributed by atoms with Crippen molar-refractivity contribution in [1.82, 2.24) is 19.6 Å². The molecule has 0 radical (unpaired) electrons. The van der Waals surface area contributed by atoms with E-state index in [4.69, 9.17) is 0 Å². The number of aromatic amines is 1. The molecule has 0 unspecified atom stereocenters. The lowest BCUT2D eigenvalue weighted by atomic mass is 9.86. The quantitative estimate of drug-likeness (QED) is 0.417. The molecule has 0 fully saturated rings. The van der Waals surface area contributed by atoms with Crippen molar-refractivity contribution >= 4 is 38.9 Å². The normalized spacial score (nSPS) is 11.8. The van der Waals surface area contributed by atoms with Crippen LogP contribution in [-0.4, -0.2) is 25.5 Å². The standard InChI is InChI=1S/C24H21N5O2S/c1-24(2,3)15-10-8-14(9-11-15)18-13-32-23(26-18)28-22(31)17-12-25-29-19-7-5-4-6-16(19)21(30)27-20(17)29/h4-13H,1-3H3,(H,27,30)(H,26,28,31). The first-order chi connectivity index (χ1) is 15.3. The van der Waals surface area contributed by atoms with Crippen molar-refractivity contribution in [2.24, 2.45) is 0 Å². The fraction of sp³-hybridized carbons (Fsp3) is 0.167. The average molecular weight is 444 g/mol. The maximum absolute atomic E-state index is 12.9. The van der Waals surface area contributed by atoms with Crippen molar-refractivity contribution in [1.29, 1.82) is 0 Å². The largest absolute Gasteiger partial charge is 0.306 e. The Morgan fingerprint density at radius 3 is 2.59 bits per heavy atom. The number of anilines is 1. The molecule has 5 aromatic rings. The third kappa shape index (κ3) is 3.48. The Balaban J connectivity index is 1.42. The van der Waals surface area contributed by atoms with E-state index >= 15 is 0 Å². The first-order valence-electron chi connectivity index (χ1n) is 10.2. The highest BCUT2D eigenvalue weighted by Gasteiger charge is 2.18. The first-order valence-corrected chi connectivity index (χ1v) is 11.1.